The van der Waals surface area contributed by atoms with Crippen LogP contribution in [0.5, 0.6) is 0 Å². The molecule has 0 aliphatic rings. The van der Waals surface area contributed by atoms with Gasteiger partial charge in [-0.25, -0.2) is 9.97 Å². The molecule has 0 aliphatic heterocycles. The molecular weight excluding hydrogens is 266 g/mol. The minimum atomic E-state index is 0.439. The van der Waals surface area contributed by atoms with Crippen LogP contribution in [0.4, 0.5) is 5.82 Å². The molecule has 0 unspecified atom stereocenters. The molecule has 0 bridgehead atoms. The molecule has 1 aromatic rings. The van der Waals surface area contributed by atoms with Crippen LogP contribution in [0.2, 0.25) is 0 Å². The van der Waals surface area contributed by atoms with Crippen molar-refractivity contribution in [1.82, 2.24) is 9.97 Å². The molecular formula is C8H12BrN3OS. The summed E-state index contributed by atoms with van der Waals surface area (Å²) in [5.41, 5.74) is 6.51. The van der Waals surface area contributed by atoms with Crippen LogP contribution in [0, 0.1) is 0 Å². The standard InChI is InChI=1S/C8H12BrN3OS/c1-13-3-5-7(9)8(10)12-6(11-5)4-14-2/h3-4H2,1-2H3,(H2,10,11,12). The van der Waals surface area contributed by atoms with Crippen molar-refractivity contribution in [3.8, 4) is 0 Å². The van der Waals surface area contributed by atoms with E-state index in [1.807, 2.05) is 6.26 Å². The molecule has 1 heterocycles. The van der Waals surface area contributed by atoms with Gasteiger partial charge in [-0.05, 0) is 22.2 Å². The van der Waals surface area contributed by atoms with E-state index in [1.165, 1.54) is 0 Å². The van der Waals surface area contributed by atoms with Crippen LogP contribution in [0.15, 0.2) is 4.47 Å². The van der Waals surface area contributed by atoms with E-state index in [0.717, 1.165) is 21.7 Å². The number of nitrogens with two attached hydrogens (primary N) is 1. The number of rotatable bonds is 4. The first-order valence-corrected chi connectivity index (χ1v) is 6.16. The summed E-state index contributed by atoms with van der Waals surface area (Å²) in [6.45, 7) is 0.439. The maximum absolute atomic E-state index is 5.72. The molecule has 4 nitrogen and oxygen atoms in total. The zero-order chi connectivity index (χ0) is 10.6. The van der Waals surface area contributed by atoms with E-state index >= 15 is 0 Å². The van der Waals surface area contributed by atoms with Crippen molar-refractivity contribution in [3.63, 3.8) is 0 Å². The van der Waals surface area contributed by atoms with Crippen LogP contribution in [-0.2, 0) is 17.1 Å². The first-order chi connectivity index (χ1) is 6.69. The summed E-state index contributed by atoms with van der Waals surface area (Å²) >= 11 is 4.99. The Morgan fingerprint density at radius 3 is 2.79 bits per heavy atom. The lowest BCUT2D eigenvalue weighted by Crippen LogP contribution is -2.05. The van der Waals surface area contributed by atoms with Crippen LogP contribution in [-0.4, -0.2) is 23.3 Å². The molecule has 0 saturated carbocycles. The fraction of sp³-hybridized carbons (Fsp3) is 0.500. The first-order valence-electron chi connectivity index (χ1n) is 3.97. The summed E-state index contributed by atoms with van der Waals surface area (Å²) in [5.74, 6) is 1.97. The normalized spacial score (nSPS) is 10.5. The molecule has 0 aromatic carbocycles. The number of thioether (sulfide) groups is 1. The molecule has 14 heavy (non-hydrogen) atoms. The lowest BCUT2D eigenvalue weighted by Gasteiger charge is -2.07. The van der Waals surface area contributed by atoms with Gasteiger partial charge in [0.05, 0.1) is 22.5 Å². The number of aromatic nitrogens is 2. The Morgan fingerprint density at radius 1 is 1.50 bits per heavy atom. The Hall–Kier alpha value is -0.330. The Bertz CT molecular complexity index is 322. The van der Waals surface area contributed by atoms with Gasteiger partial charge in [0.2, 0.25) is 0 Å². The van der Waals surface area contributed by atoms with Gasteiger partial charge >= 0.3 is 0 Å². The van der Waals surface area contributed by atoms with Gasteiger partial charge in [0.1, 0.15) is 11.6 Å². The summed E-state index contributed by atoms with van der Waals surface area (Å²) in [4.78, 5) is 8.48. The van der Waals surface area contributed by atoms with Gasteiger partial charge in [-0.2, -0.15) is 11.8 Å². The van der Waals surface area contributed by atoms with Crippen LogP contribution < -0.4 is 5.73 Å². The molecule has 0 aliphatic carbocycles. The van der Waals surface area contributed by atoms with Gasteiger partial charge in [-0.1, -0.05) is 0 Å². The molecule has 1 aromatic heterocycles. The van der Waals surface area contributed by atoms with Crippen molar-refractivity contribution >= 4 is 33.5 Å². The molecule has 0 saturated heterocycles. The smallest absolute Gasteiger partial charge is 0.141 e. The molecule has 0 amide bonds. The van der Waals surface area contributed by atoms with E-state index in [9.17, 15) is 0 Å². The third-order valence-corrected chi connectivity index (χ3v) is 2.96. The Kier molecular flexibility index (Phi) is 4.64. The number of halogens is 1. The summed E-state index contributed by atoms with van der Waals surface area (Å²) < 4.78 is 5.74. The highest BCUT2D eigenvalue weighted by molar-refractivity contribution is 9.10. The summed E-state index contributed by atoms with van der Waals surface area (Å²) in [5, 5.41) is 0. The molecule has 6 heteroatoms. The van der Waals surface area contributed by atoms with Crippen molar-refractivity contribution in [3.05, 3.63) is 16.0 Å². The van der Waals surface area contributed by atoms with Gasteiger partial charge in [-0.3, -0.25) is 0 Å². The number of ether oxygens (including phenoxy) is 1. The van der Waals surface area contributed by atoms with E-state index in [2.05, 4.69) is 25.9 Å². The van der Waals surface area contributed by atoms with Crippen molar-refractivity contribution < 1.29 is 4.74 Å². The number of hydrogen-bond donors (Lipinski definition) is 1. The average Bonchev–Trinajstić information content (AvgIpc) is 2.14. The number of hydrogen-bond acceptors (Lipinski definition) is 5. The monoisotopic (exact) mass is 277 g/mol. The first kappa shape index (κ1) is 11.7. The van der Waals surface area contributed by atoms with Crippen molar-refractivity contribution in [2.24, 2.45) is 0 Å². The second-order valence-corrected chi connectivity index (χ2v) is 4.31. The summed E-state index contributed by atoms with van der Waals surface area (Å²) in [7, 11) is 1.62. The summed E-state index contributed by atoms with van der Waals surface area (Å²) in [6.07, 6.45) is 2.00. The summed E-state index contributed by atoms with van der Waals surface area (Å²) in [6, 6.07) is 0. The quantitative estimate of drug-likeness (QED) is 0.910. The van der Waals surface area contributed by atoms with Crippen LogP contribution in [0.3, 0.4) is 0 Å². The third-order valence-electron chi connectivity index (χ3n) is 1.55. The Labute approximate surface area is 95.8 Å². The largest absolute Gasteiger partial charge is 0.383 e. The number of nitrogens with zero attached hydrogens (tertiary/aromatic N) is 2. The van der Waals surface area contributed by atoms with Crippen LogP contribution in [0.25, 0.3) is 0 Å². The van der Waals surface area contributed by atoms with E-state index in [-0.39, 0.29) is 0 Å². The SMILES string of the molecule is COCc1nc(CSC)nc(N)c1Br. The van der Waals surface area contributed by atoms with Gasteiger partial charge in [0.15, 0.2) is 0 Å². The van der Waals surface area contributed by atoms with Gasteiger partial charge in [0.25, 0.3) is 0 Å². The fourth-order valence-corrected chi connectivity index (χ4v) is 1.67. The highest BCUT2D eigenvalue weighted by Crippen LogP contribution is 2.22. The van der Waals surface area contributed by atoms with Gasteiger partial charge in [0, 0.05) is 7.11 Å². The maximum atomic E-state index is 5.72. The highest BCUT2D eigenvalue weighted by atomic mass is 79.9. The molecule has 0 atom stereocenters. The predicted molar refractivity (Wildman–Crippen MR) is 62.1 cm³/mol. The number of nitrogen functional groups attached to an aromatic ring is 1. The van der Waals surface area contributed by atoms with Gasteiger partial charge < -0.3 is 10.5 Å². The number of methoxy groups -OCH3 is 1. The molecule has 1 rings (SSSR count). The number of anilines is 1. The van der Waals surface area contributed by atoms with Crippen molar-refractivity contribution in [2.45, 2.75) is 12.4 Å². The second kappa shape index (κ2) is 5.53. The van der Waals surface area contributed by atoms with Crippen molar-refractivity contribution in [1.29, 1.82) is 0 Å². The van der Waals surface area contributed by atoms with E-state index in [0.29, 0.717) is 12.4 Å². The average molecular weight is 278 g/mol. The predicted octanol–water partition coefficient (Wildman–Crippen LogP) is 1.83. The Morgan fingerprint density at radius 2 is 2.21 bits per heavy atom. The van der Waals surface area contributed by atoms with Crippen molar-refractivity contribution in [2.75, 3.05) is 19.1 Å². The minimum Gasteiger partial charge on any atom is -0.383 e. The zero-order valence-corrected chi connectivity index (χ0v) is 10.5. The molecule has 78 valence electrons. The maximum Gasteiger partial charge on any atom is 0.141 e. The molecule has 0 fully saturated rings. The van der Waals surface area contributed by atoms with E-state index < -0.39 is 0 Å². The van der Waals surface area contributed by atoms with Crippen LogP contribution >= 0.6 is 27.7 Å². The zero-order valence-electron chi connectivity index (χ0n) is 8.08. The lowest BCUT2D eigenvalue weighted by molar-refractivity contribution is 0.180. The van der Waals surface area contributed by atoms with Crippen LogP contribution in [0.1, 0.15) is 11.5 Å². The molecule has 2 N–H and O–H groups in total. The highest BCUT2D eigenvalue weighted by Gasteiger charge is 2.09. The Balaban J connectivity index is 3.01. The molecule has 0 spiro atoms. The van der Waals surface area contributed by atoms with Gasteiger partial charge in [-0.15, -0.1) is 0 Å². The van der Waals surface area contributed by atoms with E-state index in [4.69, 9.17) is 10.5 Å². The fourth-order valence-electron chi connectivity index (χ4n) is 0.992. The second-order valence-electron chi connectivity index (χ2n) is 2.65. The van der Waals surface area contributed by atoms with E-state index in [1.54, 1.807) is 18.9 Å². The minimum absolute atomic E-state index is 0.439. The topological polar surface area (TPSA) is 61.0 Å². The molecule has 0 radical (unpaired) electrons. The lowest BCUT2D eigenvalue weighted by atomic mass is 10.4. The third kappa shape index (κ3) is 2.83.